The van der Waals surface area contributed by atoms with Crippen LogP contribution in [0.15, 0.2) is 23.7 Å². The first-order valence-electron chi connectivity index (χ1n) is 7.81. The Balaban J connectivity index is 1.66. The van der Waals surface area contributed by atoms with Crippen molar-refractivity contribution >= 4 is 17.5 Å². The van der Waals surface area contributed by atoms with Crippen LogP contribution in [0.25, 0.3) is 0 Å². The largest absolute Gasteiger partial charge is 0.379 e. The number of hydrazone groups is 1. The summed E-state index contributed by atoms with van der Waals surface area (Å²) in [4.78, 5) is 33.5. The van der Waals surface area contributed by atoms with E-state index in [-0.39, 0.29) is 18.0 Å². The molecule has 1 fully saturated rings. The first-order chi connectivity index (χ1) is 11.6. The summed E-state index contributed by atoms with van der Waals surface area (Å²) in [5.41, 5.74) is 3.04. The summed E-state index contributed by atoms with van der Waals surface area (Å²) in [6, 6.07) is 0. The number of ether oxygens (including phenoxy) is 1. The third-order valence-electron chi connectivity index (χ3n) is 3.41. The number of amides is 2. The van der Waals surface area contributed by atoms with Gasteiger partial charge in [0.1, 0.15) is 5.69 Å². The summed E-state index contributed by atoms with van der Waals surface area (Å²) in [5, 5.41) is 6.74. The third kappa shape index (κ3) is 6.39. The molecule has 2 heterocycles. The molecule has 9 heteroatoms. The average Bonchev–Trinajstić information content (AvgIpc) is 2.61. The highest BCUT2D eigenvalue weighted by Gasteiger charge is 2.11. The third-order valence-corrected chi connectivity index (χ3v) is 3.41. The molecule has 0 saturated carbocycles. The molecule has 1 aromatic rings. The van der Waals surface area contributed by atoms with Crippen LogP contribution in [0, 0.1) is 0 Å². The van der Waals surface area contributed by atoms with Crippen LogP contribution in [-0.2, 0) is 9.53 Å². The highest BCUT2D eigenvalue weighted by Crippen LogP contribution is 1.95. The van der Waals surface area contributed by atoms with Gasteiger partial charge in [0.15, 0.2) is 0 Å². The Bertz CT molecular complexity index is 572. The number of nitrogens with zero attached hydrogens (tertiary/aromatic N) is 4. The summed E-state index contributed by atoms with van der Waals surface area (Å²) in [6.07, 6.45) is 4.38. The van der Waals surface area contributed by atoms with Crippen molar-refractivity contribution in [3.05, 3.63) is 24.3 Å². The molecule has 0 bridgehead atoms. The van der Waals surface area contributed by atoms with Crippen LogP contribution in [-0.4, -0.2) is 71.8 Å². The molecular weight excluding hydrogens is 312 g/mol. The molecule has 0 radical (unpaired) electrons. The van der Waals surface area contributed by atoms with Gasteiger partial charge in [-0.05, 0) is 6.92 Å². The lowest BCUT2D eigenvalue weighted by Gasteiger charge is -2.26. The number of morpholine rings is 1. The Morgan fingerprint density at radius 3 is 2.83 bits per heavy atom. The van der Waals surface area contributed by atoms with Gasteiger partial charge in [-0.2, -0.15) is 5.10 Å². The van der Waals surface area contributed by atoms with E-state index in [0.717, 1.165) is 32.8 Å². The maximum absolute atomic E-state index is 11.8. The monoisotopic (exact) mass is 334 g/mol. The van der Waals surface area contributed by atoms with E-state index < -0.39 is 5.91 Å². The van der Waals surface area contributed by atoms with Gasteiger partial charge in [0.05, 0.1) is 25.8 Å². The minimum Gasteiger partial charge on any atom is -0.379 e. The van der Waals surface area contributed by atoms with Crippen molar-refractivity contribution in [3.8, 4) is 0 Å². The number of nitrogens with one attached hydrogen (secondary N) is 2. The number of carbonyl (C=O) groups excluding carboxylic acids is 2. The predicted octanol–water partition coefficient (Wildman–Crippen LogP) is -0.579. The highest BCUT2D eigenvalue weighted by atomic mass is 16.5. The van der Waals surface area contributed by atoms with Crippen molar-refractivity contribution in [2.75, 3.05) is 39.4 Å². The summed E-state index contributed by atoms with van der Waals surface area (Å²) < 4.78 is 5.27. The lowest BCUT2D eigenvalue weighted by Crippen LogP contribution is -2.41. The molecular formula is C15H22N6O3. The molecule has 1 aliphatic rings. The lowest BCUT2D eigenvalue weighted by atomic mass is 10.3. The molecule has 24 heavy (non-hydrogen) atoms. The van der Waals surface area contributed by atoms with E-state index in [1.54, 1.807) is 6.92 Å². The highest BCUT2D eigenvalue weighted by molar-refractivity contribution is 6.00. The van der Waals surface area contributed by atoms with Crippen molar-refractivity contribution in [2.45, 2.75) is 13.3 Å². The van der Waals surface area contributed by atoms with Crippen LogP contribution >= 0.6 is 0 Å². The summed E-state index contributed by atoms with van der Waals surface area (Å²) in [5.74, 6) is -0.589. The van der Waals surface area contributed by atoms with E-state index in [4.69, 9.17) is 4.74 Å². The maximum Gasteiger partial charge on any atom is 0.291 e. The lowest BCUT2D eigenvalue weighted by molar-refractivity contribution is -0.120. The fourth-order valence-electron chi connectivity index (χ4n) is 2.13. The van der Waals surface area contributed by atoms with E-state index >= 15 is 0 Å². The first kappa shape index (κ1) is 18.0. The van der Waals surface area contributed by atoms with E-state index in [1.165, 1.54) is 18.6 Å². The molecule has 1 saturated heterocycles. The Labute approximate surface area is 140 Å². The van der Waals surface area contributed by atoms with Crippen LogP contribution in [0.2, 0.25) is 0 Å². The topological polar surface area (TPSA) is 109 Å². The van der Waals surface area contributed by atoms with Gasteiger partial charge in [-0.3, -0.25) is 19.5 Å². The van der Waals surface area contributed by atoms with E-state index in [9.17, 15) is 9.59 Å². The number of hydrogen-bond acceptors (Lipinski definition) is 7. The summed E-state index contributed by atoms with van der Waals surface area (Å²) >= 11 is 0. The standard InChI is InChI=1S/C15H22N6O3/c1-12(19-20-15(23)13-11-16-2-3-17-13)10-14(22)18-4-5-21-6-8-24-9-7-21/h2-3,11H,4-10H2,1H3,(H,18,22)(H,20,23)/b19-12-. The van der Waals surface area contributed by atoms with E-state index in [1.807, 2.05) is 0 Å². The minimum absolute atomic E-state index is 0.127. The minimum atomic E-state index is -0.463. The number of rotatable bonds is 7. The first-order valence-corrected chi connectivity index (χ1v) is 7.81. The molecule has 1 aromatic heterocycles. The molecule has 130 valence electrons. The zero-order valence-corrected chi connectivity index (χ0v) is 13.7. The van der Waals surface area contributed by atoms with Gasteiger partial charge in [0.25, 0.3) is 5.91 Å². The number of carbonyl (C=O) groups is 2. The normalized spacial score (nSPS) is 15.8. The molecule has 0 aliphatic carbocycles. The quantitative estimate of drug-likeness (QED) is 0.510. The van der Waals surface area contributed by atoms with Crippen molar-refractivity contribution in [1.82, 2.24) is 25.6 Å². The fourth-order valence-corrected chi connectivity index (χ4v) is 2.13. The second kappa shape index (κ2) is 9.68. The van der Waals surface area contributed by atoms with Crippen molar-refractivity contribution in [1.29, 1.82) is 0 Å². The second-order valence-electron chi connectivity index (χ2n) is 5.36. The van der Waals surface area contributed by atoms with Crippen LogP contribution in [0.3, 0.4) is 0 Å². The van der Waals surface area contributed by atoms with Gasteiger partial charge in [-0.1, -0.05) is 0 Å². The van der Waals surface area contributed by atoms with E-state index in [0.29, 0.717) is 12.3 Å². The molecule has 2 N–H and O–H groups in total. The van der Waals surface area contributed by atoms with Gasteiger partial charge in [-0.25, -0.2) is 10.4 Å². The van der Waals surface area contributed by atoms with E-state index in [2.05, 4.69) is 30.7 Å². The predicted molar refractivity (Wildman–Crippen MR) is 87.5 cm³/mol. The van der Waals surface area contributed by atoms with Crippen LogP contribution in [0.5, 0.6) is 0 Å². The Morgan fingerprint density at radius 2 is 2.12 bits per heavy atom. The smallest absolute Gasteiger partial charge is 0.291 e. The number of hydrogen-bond donors (Lipinski definition) is 2. The fraction of sp³-hybridized carbons (Fsp3) is 0.533. The second-order valence-corrected chi connectivity index (χ2v) is 5.36. The SMILES string of the molecule is C/C(CC(=O)NCCN1CCOCC1)=N/NC(=O)c1cnccn1. The van der Waals surface area contributed by atoms with Gasteiger partial charge in [0, 0.05) is 44.3 Å². The molecule has 0 spiro atoms. The molecule has 9 nitrogen and oxygen atoms in total. The molecule has 0 unspecified atom stereocenters. The number of aromatic nitrogens is 2. The molecule has 0 aromatic carbocycles. The Hall–Kier alpha value is -2.39. The van der Waals surface area contributed by atoms with Gasteiger partial charge < -0.3 is 10.1 Å². The van der Waals surface area contributed by atoms with Crippen molar-refractivity contribution < 1.29 is 14.3 Å². The van der Waals surface area contributed by atoms with Crippen molar-refractivity contribution in [3.63, 3.8) is 0 Å². The molecule has 0 atom stereocenters. The maximum atomic E-state index is 11.8. The average molecular weight is 334 g/mol. The zero-order valence-electron chi connectivity index (χ0n) is 13.7. The zero-order chi connectivity index (χ0) is 17.2. The van der Waals surface area contributed by atoms with Crippen molar-refractivity contribution in [2.24, 2.45) is 5.10 Å². The van der Waals surface area contributed by atoms with Crippen LogP contribution in [0.4, 0.5) is 0 Å². The van der Waals surface area contributed by atoms with Gasteiger partial charge in [-0.15, -0.1) is 0 Å². The van der Waals surface area contributed by atoms with Crippen LogP contribution in [0.1, 0.15) is 23.8 Å². The van der Waals surface area contributed by atoms with Gasteiger partial charge >= 0.3 is 0 Å². The molecule has 2 amide bonds. The molecule has 2 rings (SSSR count). The molecule has 1 aliphatic heterocycles. The summed E-state index contributed by atoms with van der Waals surface area (Å²) in [7, 11) is 0. The van der Waals surface area contributed by atoms with Crippen LogP contribution < -0.4 is 10.7 Å². The Kier molecular flexibility index (Phi) is 7.24. The van der Waals surface area contributed by atoms with Gasteiger partial charge in [0.2, 0.25) is 5.91 Å². The Morgan fingerprint density at radius 1 is 1.33 bits per heavy atom. The summed E-state index contributed by atoms with van der Waals surface area (Å²) in [6.45, 7) is 6.33.